The van der Waals surface area contributed by atoms with Crippen LogP contribution in [-0.4, -0.2) is 50.8 Å². The highest BCUT2D eigenvalue weighted by Crippen LogP contribution is 2.43. The van der Waals surface area contributed by atoms with Crippen LogP contribution in [0.15, 0.2) is 24.8 Å². The van der Waals surface area contributed by atoms with E-state index >= 15 is 0 Å². The SMILES string of the molecule is CCc1cc2c(N3CC4(CN(Cc5cnn(C)c5)C4)C3)ncnc2s1. The van der Waals surface area contributed by atoms with E-state index in [-0.39, 0.29) is 0 Å². The maximum atomic E-state index is 4.59. The van der Waals surface area contributed by atoms with E-state index in [0.29, 0.717) is 5.41 Å². The second-order valence-corrected chi connectivity index (χ2v) is 8.62. The van der Waals surface area contributed by atoms with Crippen molar-refractivity contribution >= 4 is 27.4 Å². The molecule has 2 aliphatic heterocycles. The fourth-order valence-electron chi connectivity index (χ4n) is 4.26. The molecule has 0 bridgehead atoms. The molecule has 2 saturated heterocycles. The molecular formula is C18H22N6S. The minimum Gasteiger partial charge on any atom is -0.355 e. The van der Waals surface area contributed by atoms with E-state index in [9.17, 15) is 0 Å². The van der Waals surface area contributed by atoms with Crippen LogP contribution in [0.25, 0.3) is 10.2 Å². The van der Waals surface area contributed by atoms with Gasteiger partial charge in [-0.05, 0) is 12.5 Å². The first kappa shape index (κ1) is 15.3. The summed E-state index contributed by atoms with van der Waals surface area (Å²) in [4.78, 5) is 16.5. The van der Waals surface area contributed by atoms with Crippen LogP contribution in [0.1, 0.15) is 17.4 Å². The number of likely N-dealkylation sites (tertiary alicyclic amines) is 1. The molecule has 0 radical (unpaired) electrons. The number of hydrogen-bond donors (Lipinski definition) is 0. The molecule has 0 saturated carbocycles. The molecular weight excluding hydrogens is 332 g/mol. The van der Waals surface area contributed by atoms with Gasteiger partial charge in [-0.15, -0.1) is 11.3 Å². The molecule has 0 unspecified atom stereocenters. The molecule has 130 valence electrons. The number of nitrogens with zero attached hydrogens (tertiary/aromatic N) is 6. The van der Waals surface area contributed by atoms with E-state index in [1.165, 1.54) is 28.9 Å². The van der Waals surface area contributed by atoms with E-state index in [1.54, 1.807) is 17.7 Å². The third-order valence-electron chi connectivity index (χ3n) is 5.34. The van der Waals surface area contributed by atoms with Crippen LogP contribution < -0.4 is 4.90 Å². The highest BCUT2D eigenvalue weighted by Gasteiger charge is 2.52. The Kier molecular flexibility index (Phi) is 3.36. The van der Waals surface area contributed by atoms with Crippen molar-refractivity contribution in [2.45, 2.75) is 19.9 Å². The van der Waals surface area contributed by atoms with Crippen LogP contribution in [0.5, 0.6) is 0 Å². The smallest absolute Gasteiger partial charge is 0.140 e. The highest BCUT2D eigenvalue weighted by atomic mass is 32.1. The zero-order valence-electron chi connectivity index (χ0n) is 14.6. The quantitative estimate of drug-likeness (QED) is 0.720. The number of thiophene rings is 1. The fourth-order valence-corrected chi connectivity index (χ4v) is 5.19. The summed E-state index contributed by atoms with van der Waals surface area (Å²) in [6.07, 6.45) is 6.86. The lowest BCUT2D eigenvalue weighted by molar-refractivity contribution is -0.0275. The Labute approximate surface area is 151 Å². The Morgan fingerprint density at radius 3 is 2.76 bits per heavy atom. The van der Waals surface area contributed by atoms with E-state index < -0.39 is 0 Å². The van der Waals surface area contributed by atoms with Gasteiger partial charge >= 0.3 is 0 Å². The van der Waals surface area contributed by atoms with Crippen molar-refractivity contribution in [1.29, 1.82) is 0 Å². The number of aromatic nitrogens is 4. The fraction of sp³-hybridized carbons (Fsp3) is 0.500. The zero-order chi connectivity index (χ0) is 17.0. The number of rotatable bonds is 4. The zero-order valence-corrected chi connectivity index (χ0v) is 15.5. The van der Waals surface area contributed by atoms with Crippen molar-refractivity contribution in [3.63, 3.8) is 0 Å². The molecule has 5 heterocycles. The van der Waals surface area contributed by atoms with Crippen LogP contribution in [0.4, 0.5) is 5.82 Å². The van der Waals surface area contributed by atoms with E-state index in [2.05, 4.69) is 44.1 Å². The molecule has 0 N–H and O–H groups in total. The van der Waals surface area contributed by atoms with Crippen LogP contribution in [0, 0.1) is 5.41 Å². The van der Waals surface area contributed by atoms with Gasteiger partial charge in [0.15, 0.2) is 0 Å². The molecule has 2 fully saturated rings. The average molecular weight is 354 g/mol. The van der Waals surface area contributed by atoms with Gasteiger partial charge in [-0.2, -0.15) is 5.10 Å². The Morgan fingerprint density at radius 1 is 1.20 bits per heavy atom. The molecule has 7 heteroatoms. The topological polar surface area (TPSA) is 50.1 Å². The molecule has 5 rings (SSSR count). The maximum absolute atomic E-state index is 4.59. The lowest BCUT2D eigenvalue weighted by Gasteiger charge is -2.60. The molecule has 25 heavy (non-hydrogen) atoms. The van der Waals surface area contributed by atoms with Crippen LogP contribution >= 0.6 is 11.3 Å². The van der Waals surface area contributed by atoms with Gasteiger partial charge in [0.2, 0.25) is 0 Å². The number of anilines is 1. The monoisotopic (exact) mass is 354 g/mol. The van der Waals surface area contributed by atoms with Crippen molar-refractivity contribution in [1.82, 2.24) is 24.6 Å². The summed E-state index contributed by atoms with van der Waals surface area (Å²) < 4.78 is 1.88. The first-order valence-corrected chi connectivity index (χ1v) is 9.64. The normalized spacial score (nSPS) is 19.4. The summed E-state index contributed by atoms with van der Waals surface area (Å²) in [5.41, 5.74) is 1.76. The van der Waals surface area contributed by atoms with Gasteiger partial charge < -0.3 is 4.90 Å². The molecule has 1 spiro atoms. The number of fused-ring (bicyclic) bond motifs is 1. The molecule has 0 atom stereocenters. The molecule has 2 aliphatic rings. The minimum absolute atomic E-state index is 0.461. The van der Waals surface area contributed by atoms with Gasteiger partial charge in [-0.1, -0.05) is 6.92 Å². The lowest BCUT2D eigenvalue weighted by atomic mass is 9.72. The first-order chi connectivity index (χ1) is 12.1. The van der Waals surface area contributed by atoms with Crippen molar-refractivity contribution in [3.05, 3.63) is 35.2 Å². The highest BCUT2D eigenvalue weighted by molar-refractivity contribution is 7.18. The van der Waals surface area contributed by atoms with E-state index in [1.807, 2.05) is 17.9 Å². The van der Waals surface area contributed by atoms with Crippen molar-refractivity contribution < 1.29 is 0 Å². The molecule has 0 aliphatic carbocycles. The number of hydrogen-bond acceptors (Lipinski definition) is 6. The summed E-state index contributed by atoms with van der Waals surface area (Å²) in [7, 11) is 1.97. The van der Waals surface area contributed by atoms with Gasteiger partial charge in [-0.3, -0.25) is 9.58 Å². The van der Waals surface area contributed by atoms with Crippen molar-refractivity contribution in [2.24, 2.45) is 12.5 Å². The third kappa shape index (κ3) is 2.53. The summed E-state index contributed by atoms with van der Waals surface area (Å²) in [6, 6.07) is 2.27. The van der Waals surface area contributed by atoms with Crippen molar-refractivity contribution in [3.8, 4) is 0 Å². The first-order valence-electron chi connectivity index (χ1n) is 8.82. The predicted octanol–water partition coefficient (Wildman–Crippen LogP) is 2.31. The van der Waals surface area contributed by atoms with Gasteiger partial charge in [0.25, 0.3) is 0 Å². The van der Waals surface area contributed by atoms with E-state index in [4.69, 9.17) is 0 Å². The second kappa shape index (κ2) is 5.51. The predicted molar refractivity (Wildman–Crippen MR) is 99.9 cm³/mol. The second-order valence-electron chi connectivity index (χ2n) is 7.51. The third-order valence-corrected chi connectivity index (χ3v) is 6.53. The largest absolute Gasteiger partial charge is 0.355 e. The Balaban J connectivity index is 1.25. The van der Waals surface area contributed by atoms with Crippen LogP contribution in [-0.2, 0) is 20.0 Å². The summed E-state index contributed by atoms with van der Waals surface area (Å²) in [5, 5.41) is 5.48. The molecule has 3 aromatic rings. The summed E-state index contributed by atoms with van der Waals surface area (Å²) >= 11 is 1.79. The molecule has 3 aromatic heterocycles. The Hall–Kier alpha value is -1.99. The van der Waals surface area contributed by atoms with Gasteiger partial charge in [-0.25, -0.2) is 9.97 Å². The minimum atomic E-state index is 0.461. The summed E-state index contributed by atoms with van der Waals surface area (Å²) in [6.45, 7) is 7.78. The van der Waals surface area contributed by atoms with E-state index in [0.717, 1.165) is 36.7 Å². The molecule has 0 aromatic carbocycles. The van der Waals surface area contributed by atoms with Crippen molar-refractivity contribution in [2.75, 3.05) is 31.1 Å². The van der Waals surface area contributed by atoms with Gasteiger partial charge in [0, 0.05) is 61.8 Å². The standard InChI is InChI=1S/C18H22N6S/c1-3-14-4-15-16(19-12-20-17(15)25-14)24-10-18(11-24)8-23(9-18)7-13-5-21-22(2)6-13/h4-6,12H,3,7-11H2,1-2H3. The molecule has 0 amide bonds. The van der Waals surface area contributed by atoms with Gasteiger partial charge in [0.1, 0.15) is 17.0 Å². The average Bonchev–Trinajstić information content (AvgIpc) is 3.13. The van der Waals surface area contributed by atoms with Crippen LogP contribution in [0.2, 0.25) is 0 Å². The van der Waals surface area contributed by atoms with Crippen LogP contribution in [0.3, 0.4) is 0 Å². The number of aryl methyl sites for hydroxylation is 2. The maximum Gasteiger partial charge on any atom is 0.140 e. The van der Waals surface area contributed by atoms with Gasteiger partial charge in [0.05, 0.1) is 11.6 Å². The lowest BCUT2D eigenvalue weighted by Crippen LogP contribution is -2.72. The summed E-state index contributed by atoms with van der Waals surface area (Å²) in [5.74, 6) is 1.12. The Bertz CT molecular complexity index is 915. The molecule has 6 nitrogen and oxygen atoms in total. The Morgan fingerprint density at radius 2 is 2.04 bits per heavy atom.